The second-order valence-corrected chi connectivity index (χ2v) is 10.1. The van der Waals surface area contributed by atoms with E-state index in [-0.39, 0.29) is 5.91 Å². The first-order valence-electron chi connectivity index (χ1n) is 12.9. The number of anilines is 4. The van der Waals surface area contributed by atoms with Gasteiger partial charge in [-0.25, -0.2) is 4.98 Å². The number of nitrogens with two attached hydrogens (primary N) is 1. The van der Waals surface area contributed by atoms with Crippen molar-refractivity contribution < 1.29 is 19.0 Å². The van der Waals surface area contributed by atoms with Gasteiger partial charge in [0.15, 0.2) is 11.5 Å². The van der Waals surface area contributed by atoms with E-state index in [0.29, 0.717) is 51.5 Å². The number of rotatable bonds is 8. The second kappa shape index (κ2) is 11.2. The molecule has 0 fully saturated rings. The van der Waals surface area contributed by atoms with Crippen LogP contribution in [-0.2, 0) is 0 Å². The normalized spacial score (nSPS) is 10.9. The van der Waals surface area contributed by atoms with Gasteiger partial charge in [-0.1, -0.05) is 18.2 Å². The number of hydrogen-bond acceptors (Lipinski definition) is 10. The molecule has 42 heavy (non-hydrogen) atoms. The fraction of sp³-hybridized carbons (Fsp3) is 0.0968. The molecule has 0 saturated heterocycles. The average molecular weight is 579 g/mol. The Morgan fingerprint density at radius 3 is 2.45 bits per heavy atom. The SMILES string of the molecule is COc1cc(Nc2nc(N)c3scc(-c4cccc(NC(=O)c5ccc6ncccc6c5)c4)c3n2)cc(OC)c1OC. The lowest BCUT2D eigenvalue weighted by Crippen LogP contribution is -2.11. The largest absolute Gasteiger partial charge is 0.493 e. The highest BCUT2D eigenvalue weighted by molar-refractivity contribution is 7.18. The van der Waals surface area contributed by atoms with Gasteiger partial charge in [-0.05, 0) is 42.0 Å². The number of benzene rings is 3. The quantitative estimate of drug-likeness (QED) is 0.185. The molecular weight excluding hydrogens is 552 g/mol. The highest BCUT2D eigenvalue weighted by Gasteiger charge is 2.17. The summed E-state index contributed by atoms with van der Waals surface area (Å²) in [6.07, 6.45) is 1.73. The van der Waals surface area contributed by atoms with Crippen LogP contribution >= 0.6 is 11.3 Å². The molecule has 0 bridgehead atoms. The third-order valence-corrected chi connectivity index (χ3v) is 7.65. The molecule has 210 valence electrons. The van der Waals surface area contributed by atoms with E-state index in [0.717, 1.165) is 26.7 Å². The van der Waals surface area contributed by atoms with Gasteiger partial charge in [-0.2, -0.15) is 4.98 Å². The van der Waals surface area contributed by atoms with E-state index in [4.69, 9.17) is 24.9 Å². The predicted octanol–water partition coefficient (Wildman–Crippen LogP) is 6.51. The van der Waals surface area contributed by atoms with Crippen LogP contribution < -0.4 is 30.6 Å². The number of carbonyl (C=O) groups is 1. The number of methoxy groups -OCH3 is 3. The van der Waals surface area contributed by atoms with Gasteiger partial charge in [0.2, 0.25) is 11.7 Å². The maximum absolute atomic E-state index is 13.1. The van der Waals surface area contributed by atoms with Crippen LogP contribution in [-0.4, -0.2) is 42.2 Å². The number of fused-ring (bicyclic) bond motifs is 2. The van der Waals surface area contributed by atoms with Crippen LogP contribution in [0.3, 0.4) is 0 Å². The van der Waals surface area contributed by atoms with Gasteiger partial charge >= 0.3 is 0 Å². The first kappa shape index (κ1) is 26.8. The Morgan fingerprint density at radius 1 is 0.881 bits per heavy atom. The number of thiophene rings is 1. The van der Waals surface area contributed by atoms with Crippen LogP contribution in [0.25, 0.3) is 32.2 Å². The van der Waals surface area contributed by atoms with Crippen LogP contribution in [0, 0.1) is 0 Å². The Kier molecular flexibility index (Phi) is 7.16. The third kappa shape index (κ3) is 5.08. The van der Waals surface area contributed by atoms with E-state index in [1.54, 1.807) is 45.7 Å². The van der Waals surface area contributed by atoms with E-state index in [1.165, 1.54) is 11.3 Å². The third-order valence-electron chi connectivity index (χ3n) is 6.66. The molecule has 3 heterocycles. The summed E-state index contributed by atoms with van der Waals surface area (Å²) in [5.74, 6) is 1.90. The van der Waals surface area contributed by atoms with Gasteiger partial charge in [0.1, 0.15) is 5.82 Å². The molecule has 0 radical (unpaired) electrons. The fourth-order valence-corrected chi connectivity index (χ4v) is 5.58. The average Bonchev–Trinajstić information content (AvgIpc) is 3.45. The summed E-state index contributed by atoms with van der Waals surface area (Å²) in [6, 6.07) is 20.3. The fourth-order valence-electron chi connectivity index (χ4n) is 4.67. The Labute approximate surface area is 245 Å². The first-order valence-corrected chi connectivity index (χ1v) is 13.7. The molecule has 1 amide bonds. The van der Waals surface area contributed by atoms with Crippen molar-refractivity contribution >= 4 is 61.5 Å². The van der Waals surface area contributed by atoms with Gasteiger partial charge in [0.25, 0.3) is 5.91 Å². The summed E-state index contributed by atoms with van der Waals surface area (Å²) in [6.45, 7) is 0. The molecule has 4 N–H and O–H groups in total. The summed E-state index contributed by atoms with van der Waals surface area (Å²) in [4.78, 5) is 26.6. The number of amides is 1. The van der Waals surface area contributed by atoms with Crippen LogP contribution in [0.15, 0.2) is 78.3 Å². The highest BCUT2D eigenvalue weighted by Crippen LogP contribution is 2.41. The summed E-state index contributed by atoms with van der Waals surface area (Å²) in [5.41, 5.74) is 11.4. The van der Waals surface area contributed by atoms with Crippen LogP contribution in [0.2, 0.25) is 0 Å². The van der Waals surface area contributed by atoms with E-state index < -0.39 is 0 Å². The Morgan fingerprint density at radius 2 is 1.69 bits per heavy atom. The molecule has 11 heteroatoms. The number of pyridine rings is 1. The number of aromatic nitrogens is 3. The molecule has 6 rings (SSSR count). The molecule has 10 nitrogen and oxygen atoms in total. The van der Waals surface area contributed by atoms with Crippen molar-refractivity contribution in [3.63, 3.8) is 0 Å². The predicted molar refractivity (Wildman–Crippen MR) is 166 cm³/mol. The zero-order valence-electron chi connectivity index (χ0n) is 23.0. The second-order valence-electron chi connectivity index (χ2n) is 9.24. The van der Waals surface area contributed by atoms with Crippen LogP contribution in [0.5, 0.6) is 17.2 Å². The van der Waals surface area contributed by atoms with E-state index in [2.05, 4.69) is 20.6 Å². The van der Waals surface area contributed by atoms with Crippen molar-refractivity contribution in [1.29, 1.82) is 0 Å². The minimum absolute atomic E-state index is 0.212. The van der Waals surface area contributed by atoms with Crippen LogP contribution in [0.4, 0.5) is 23.1 Å². The summed E-state index contributed by atoms with van der Waals surface area (Å²) in [7, 11) is 4.65. The molecule has 6 aromatic rings. The van der Waals surface area contributed by atoms with E-state index in [1.807, 2.05) is 53.9 Å². The molecule has 0 spiro atoms. The number of nitrogens with one attached hydrogen (secondary N) is 2. The number of carbonyl (C=O) groups excluding carboxylic acids is 1. The van der Waals surface area contributed by atoms with Gasteiger partial charge in [0.05, 0.1) is 37.1 Å². The molecular formula is C31H26N6O4S. The van der Waals surface area contributed by atoms with E-state index in [9.17, 15) is 4.79 Å². The molecule has 0 aliphatic carbocycles. The zero-order chi connectivity index (χ0) is 29.2. The van der Waals surface area contributed by atoms with Crippen molar-refractivity contribution in [3.8, 4) is 28.4 Å². The molecule has 0 aliphatic rings. The number of hydrogen-bond donors (Lipinski definition) is 3. The Bertz CT molecular complexity index is 1930. The lowest BCUT2D eigenvalue weighted by molar-refractivity contribution is 0.102. The molecule has 0 unspecified atom stereocenters. The minimum Gasteiger partial charge on any atom is -0.493 e. The topological polar surface area (TPSA) is 134 Å². The van der Waals surface area contributed by atoms with Crippen molar-refractivity contribution in [2.24, 2.45) is 0 Å². The number of nitrogen functional groups attached to an aromatic ring is 1. The molecule has 3 aromatic carbocycles. The molecule has 0 aliphatic heterocycles. The first-order chi connectivity index (χ1) is 20.5. The minimum atomic E-state index is -0.212. The van der Waals surface area contributed by atoms with Crippen LogP contribution in [0.1, 0.15) is 10.4 Å². The maximum Gasteiger partial charge on any atom is 0.255 e. The molecule has 0 saturated carbocycles. The van der Waals surface area contributed by atoms with Gasteiger partial charge in [0, 0.05) is 51.6 Å². The monoisotopic (exact) mass is 578 g/mol. The van der Waals surface area contributed by atoms with Gasteiger partial charge in [-0.3, -0.25) is 9.78 Å². The van der Waals surface area contributed by atoms with E-state index >= 15 is 0 Å². The number of nitrogens with zero attached hydrogens (tertiary/aromatic N) is 3. The summed E-state index contributed by atoms with van der Waals surface area (Å²) >= 11 is 1.46. The smallest absolute Gasteiger partial charge is 0.255 e. The summed E-state index contributed by atoms with van der Waals surface area (Å²) in [5, 5.41) is 9.08. The standard InChI is InChI=1S/C31H26N6O4S/c1-39-24-14-21(15-25(40-2)27(24)41-3)35-31-36-26-22(16-42-28(26)29(32)37-31)17-6-4-8-20(13-17)34-30(38)19-9-10-23-18(12-19)7-5-11-33-23/h4-16H,1-3H3,(H,34,38)(H3,32,35,36,37). The van der Waals surface area contributed by atoms with Gasteiger partial charge in [-0.15, -0.1) is 11.3 Å². The number of ether oxygens (including phenoxy) is 3. The van der Waals surface area contributed by atoms with Gasteiger partial charge < -0.3 is 30.6 Å². The maximum atomic E-state index is 13.1. The lowest BCUT2D eigenvalue weighted by Gasteiger charge is -2.15. The highest BCUT2D eigenvalue weighted by atomic mass is 32.1. The zero-order valence-corrected chi connectivity index (χ0v) is 23.8. The van der Waals surface area contributed by atoms with Crippen molar-refractivity contribution in [3.05, 3.63) is 83.9 Å². The Balaban J connectivity index is 1.30. The molecule has 0 atom stereocenters. The lowest BCUT2D eigenvalue weighted by atomic mass is 10.1. The summed E-state index contributed by atoms with van der Waals surface area (Å²) < 4.78 is 17.1. The van der Waals surface area contributed by atoms with Crippen molar-refractivity contribution in [2.75, 3.05) is 37.7 Å². The molecule has 3 aromatic heterocycles. The van der Waals surface area contributed by atoms with Crippen molar-refractivity contribution in [1.82, 2.24) is 15.0 Å². The van der Waals surface area contributed by atoms with Crippen molar-refractivity contribution in [2.45, 2.75) is 0 Å². The Hall–Kier alpha value is -5.42.